The number of aromatic nitrogens is 2. The van der Waals surface area contributed by atoms with Gasteiger partial charge in [0.15, 0.2) is 5.75 Å². The number of aromatic amines is 1. The Balaban J connectivity index is 1.87. The van der Waals surface area contributed by atoms with Crippen molar-refractivity contribution in [3.8, 4) is 11.6 Å². The molecule has 0 aliphatic heterocycles. The average Bonchev–Trinajstić information content (AvgIpc) is 3.13. The summed E-state index contributed by atoms with van der Waals surface area (Å²) in [5, 5.41) is 6.33. The molecule has 0 saturated heterocycles. The molecule has 112 valence electrons. The van der Waals surface area contributed by atoms with Crippen LogP contribution in [-0.4, -0.2) is 10.2 Å². The van der Waals surface area contributed by atoms with Crippen molar-refractivity contribution in [2.75, 3.05) is 0 Å². The largest absolute Gasteiger partial charge is 0.434 e. The molecule has 21 heavy (non-hydrogen) atoms. The molecule has 3 nitrogen and oxygen atoms in total. The topological polar surface area (TPSA) is 37.9 Å². The Kier molecular flexibility index (Phi) is 3.53. The summed E-state index contributed by atoms with van der Waals surface area (Å²) in [6, 6.07) is 3.25. The van der Waals surface area contributed by atoms with E-state index in [0.717, 1.165) is 30.7 Å². The maximum absolute atomic E-state index is 12.6. The van der Waals surface area contributed by atoms with E-state index in [1.807, 2.05) is 0 Å². The molecule has 1 N–H and O–H groups in total. The third-order valence-corrected chi connectivity index (χ3v) is 3.69. The lowest BCUT2D eigenvalue weighted by Gasteiger charge is -2.11. The van der Waals surface area contributed by atoms with Crippen LogP contribution in [0.15, 0.2) is 18.2 Å². The van der Waals surface area contributed by atoms with E-state index in [1.54, 1.807) is 6.07 Å². The Hall–Kier alpha value is -1.40. The first-order valence-electron chi connectivity index (χ1n) is 6.14. The molecule has 1 aliphatic rings. The van der Waals surface area contributed by atoms with Gasteiger partial charge in [-0.25, -0.2) is 0 Å². The number of alkyl halides is 3. The van der Waals surface area contributed by atoms with Crippen molar-refractivity contribution in [1.29, 1.82) is 0 Å². The Morgan fingerprint density at radius 3 is 2.29 bits per heavy atom. The van der Waals surface area contributed by atoms with Gasteiger partial charge in [-0.3, -0.25) is 5.10 Å². The van der Waals surface area contributed by atoms with Crippen molar-refractivity contribution in [3.05, 3.63) is 39.5 Å². The number of rotatable bonds is 3. The van der Waals surface area contributed by atoms with E-state index >= 15 is 0 Å². The van der Waals surface area contributed by atoms with E-state index in [9.17, 15) is 13.2 Å². The molecule has 1 fully saturated rings. The second kappa shape index (κ2) is 5.10. The number of H-pyrrole nitrogens is 1. The van der Waals surface area contributed by atoms with Crippen molar-refractivity contribution in [3.63, 3.8) is 0 Å². The minimum Gasteiger partial charge on any atom is -0.434 e. The fraction of sp³-hybridized carbons (Fsp3) is 0.308. The number of hydrogen-bond acceptors (Lipinski definition) is 2. The maximum Gasteiger partial charge on any atom is 0.416 e. The zero-order chi connectivity index (χ0) is 15.2. The normalized spacial score (nSPS) is 15.3. The van der Waals surface area contributed by atoms with Gasteiger partial charge >= 0.3 is 6.18 Å². The van der Waals surface area contributed by atoms with Crippen LogP contribution in [-0.2, 0) is 6.18 Å². The summed E-state index contributed by atoms with van der Waals surface area (Å²) in [7, 11) is 0. The van der Waals surface area contributed by atoms with Gasteiger partial charge in [0.1, 0.15) is 0 Å². The first-order chi connectivity index (χ1) is 9.84. The van der Waals surface area contributed by atoms with Crippen LogP contribution in [0.2, 0.25) is 10.0 Å². The molecular formula is C13H9Cl2F3N2O. The zero-order valence-electron chi connectivity index (χ0n) is 10.5. The number of benzene rings is 1. The number of nitrogens with one attached hydrogen (secondary N) is 1. The standard InChI is InChI=1S/C13H9Cl2F3N2O/c14-8-3-7(13(16,17)18)4-9(15)12(8)21-11-5-10(19-20-11)6-1-2-6/h3-6H,1-2H2,(H,19,20). The van der Waals surface area contributed by atoms with Crippen LogP contribution in [0.25, 0.3) is 0 Å². The number of nitrogens with zero attached hydrogens (tertiary/aromatic N) is 1. The molecule has 1 heterocycles. The van der Waals surface area contributed by atoms with E-state index in [-0.39, 0.29) is 21.7 Å². The quantitative estimate of drug-likeness (QED) is 0.814. The highest BCUT2D eigenvalue weighted by atomic mass is 35.5. The summed E-state index contributed by atoms with van der Waals surface area (Å²) in [4.78, 5) is 0. The summed E-state index contributed by atoms with van der Waals surface area (Å²) in [6.07, 6.45) is -2.34. The molecule has 1 aliphatic carbocycles. The summed E-state index contributed by atoms with van der Waals surface area (Å²) >= 11 is 11.6. The highest BCUT2D eigenvalue weighted by molar-refractivity contribution is 6.37. The number of ether oxygens (including phenoxy) is 1. The Bertz CT molecular complexity index is 657. The second-order valence-electron chi connectivity index (χ2n) is 4.80. The average molecular weight is 337 g/mol. The molecule has 0 radical (unpaired) electrons. The van der Waals surface area contributed by atoms with Crippen LogP contribution in [0, 0.1) is 0 Å². The van der Waals surface area contributed by atoms with Gasteiger partial charge in [0.25, 0.3) is 0 Å². The number of hydrogen-bond donors (Lipinski definition) is 1. The molecule has 0 unspecified atom stereocenters. The van der Waals surface area contributed by atoms with Crippen LogP contribution >= 0.6 is 23.2 Å². The molecule has 0 bridgehead atoms. The van der Waals surface area contributed by atoms with Gasteiger partial charge in [-0.05, 0) is 25.0 Å². The molecule has 1 aromatic carbocycles. The van der Waals surface area contributed by atoms with Crippen molar-refractivity contribution < 1.29 is 17.9 Å². The maximum atomic E-state index is 12.6. The molecular weight excluding hydrogens is 328 g/mol. The Morgan fingerprint density at radius 1 is 1.14 bits per heavy atom. The molecule has 1 saturated carbocycles. The molecule has 2 aromatic rings. The van der Waals surface area contributed by atoms with Crippen molar-refractivity contribution in [2.45, 2.75) is 24.9 Å². The van der Waals surface area contributed by atoms with E-state index in [2.05, 4.69) is 10.2 Å². The van der Waals surface area contributed by atoms with E-state index in [0.29, 0.717) is 5.92 Å². The van der Waals surface area contributed by atoms with Crippen LogP contribution in [0.1, 0.15) is 30.0 Å². The summed E-state index contributed by atoms with van der Waals surface area (Å²) in [6.45, 7) is 0. The van der Waals surface area contributed by atoms with E-state index in [4.69, 9.17) is 27.9 Å². The molecule has 0 atom stereocenters. The van der Waals surface area contributed by atoms with Crippen molar-refractivity contribution in [2.24, 2.45) is 0 Å². The lowest BCUT2D eigenvalue weighted by atomic mass is 10.2. The highest BCUT2D eigenvalue weighted by Crippen LogP contribution is 2.43. The van der Waals surface area contributed by atoms with Gasteiger partial charge in [-0.15, -0.1) is 5.10 Å². The Morgan fingerprint density at radius 2 is 1.76 bits per heavy atom. The molecule has 0 spiro atoms. The summed E-state index contributed by atoms with van der Waals surface area (Å²) < 4.78 is 43.3. The third kappa shape index (κ3) is 3.11. The monoisotopic (exact) mass is 336 g/mol. The first-order valence-corrected chi connectivity index (χ1v) is 6.89. The van der Waals surface area contributed by atoms with E-state index < -0.39 is 11.7 Å². The lowest BCUT2D eigenvalue weighted by Crippen LogP contribution is -2.05. The van der Waals surface area contributed by atoms with E-state index in [1.165, 1.54) is 0 Å². The van der Waals surface area contributed by atoms with Crippen LogP contribution in [0.5, 0.6) is 11.6 Å². The van der Waals surface area contributed by atoms with Gasteiger partial charge in [-0.2, -0.15) is 13.2 Å². The van der Waals surface area contributed by atoms with Gasteiger partial charge in [0.2, 0.25) is 5.88 Å². The van der Waals surface area contributed by atoms with Gasteiger partial charge in [-0.1, -0.05) is 23.2 Å². The molecule has 1 aromatic heterocycles. The Labute approximate surface area is 128 Å². The molecule has 8 heteroatoms. The second-order valence-corrected chi connectivity index (χ2v) is 5.62. The lowest BCUT2D eigenvalue weighted by molar-refractivity contribution is -0.137. The van der Waals surface area contributed by atoms with Gasteiger partial charge < -0.3 is 4.74 Å². The summed E-state index contributed by atoms with van der Waals surface area (Å²) in [5.74, 6) is 0.633. The first kappa shape index (κ1) is 14.5. The van der Waals surface area contributed by atoms with Crippen LogP contribution < -0.4 is 4.74 Å². The minimum absolute atomic E-state index is 0.0415. The fourth-order valence-electron chi connectivity index (χ4n) is 1.90. The summed E-state index contributed by atoms with van der Waals surface area (Å²) in [5.41, 5.74) is 0.00899. The number of halogens is 5. The van der Waals surface area contributed by atoms with Crippen molar-refractivity contribution in [1.82, 2.24) is 10.2 Å². The predicted molar refractivity (Wildman–Crippen MR) is 72.1 cm³/mol. The zero-order valence-corrected chi connectivity index (χ0v) is 12.0. The van der Waals surface area contributed by atoms with Crippen molar-refractivity contribution >= 4 is 23.2 Å². The van der Waals surface area contributed by atoms with Crippen LogP contribution in [0.4, 0.5) is 13.2 Å². The predicted octanol–water partition coefficient (Wildman–Crippen LogP) is 5.41. The third-order valence-electron chi connectivity index (χ3n) is 3.12. The smallest absolute Gasteiger partial charge is 0.416 e. The fourth-order valence-corrected chi connectivity index (χ4v) is 2.46. The molecule has 3 rings (SSSR count). The molecule has 0 amide bonds. The van der Waals surface area contributed by atoms with Gasteiger partial charge in [0, 0.05) is 17.7 Å². The minimum atomic E-state index is -4.52. The SMILES string of the molecule is FC(F)(F)c1cc(Cl)c(Oc2cc(C3CC3)[nH]n2)c(Cl)c1. The van der Waals surface area contributed by atoms with Gasteiger partial charge in [0.05, 0.1) is 15.6 Å². The highest BCUT2D eigenvalue weighted by Gasteiger charge is 2.32. The van der Waals surface area contributed by atoms with Crippen LogP contribution in [0.3, 0.4) is 0 Å².